The lowest BCUT2D eigenvalue weighted by atomic mass is 10.1. The third-order valence-corrected chi connectivity index (χ3v) is 5.17. The molecule has 5 rings (SSSR count). The number of anilines is 1. The van der Waals surface area contributed by atoms with Crippen molar-refractivity contribution in [2.24, 2.45) is 0 Å². The Bertz CT molecular complexity index is 1480. The van der Waals surface area contributed by atoms with Gasteiger partial charge in [0.1, 0.15) is 18.0 Å². The molecule has 8 nitrogen and oxygen atoms in total. The summed E-state index contributed by atoms with van der Waals surface area (Å²) >= 11 is 0. The van der Waals surface area contributed by atoms with Gasteiger partial charge in [0.25, 0.3) is 5.91 Å². The van der Waals surface area contributed by atoms with Crippen molar-refractivity contribution in [2.75, 3.05) is 5.32 Å². The number of aryl methyl sites for hydroxylation is 3. The number of carbonyl (C=O) groups is 1. The van der Waals surface area contributed by atoms with Crippen LogP contribution < -0.4 is 5.32 Å². The highest BCUT2D eigenvalue weighted by Gasteiger charge is 2.18. The quantitative estimate of drug-likeness (QED) is 0.449. The van der Waals surface area contributed by atoms with Gasteiger partial charge < -0.3 is 5.32 Å². The van der Waals surface area contributed by atoms with Crippen LogP contribution in [0.15, 0.2) is 61.1 Å². The molecule has 33 heavy (non-hydrogen) atoms. The van der Waals surface area contributed by atoms with Gasteiger partial charge in [0, 0.05) is 11.6 Å². The molecule has 0 saturated heterocycles. The summed E-state index contributed by atoms with van der Waals surface area (Å²) in [6.07, 6.45) is 3.03. The van der Waals surface area contributed by atoms with Gasteiger partial charge in [-0.3, -0.25) is 4.79 Å². The zero-order valence-corrected chi connectivity index (χ0v) is 18.2. The molecule has 2 aromatic carbocycles. The van der Waals surface area contributed by atoms with Crippen LogP contribution in [0.4, 0.5) is 10.2 Å². The maximum absolute atomic E-state index is 13.3. The summed E-state index contributed by atoms with van der Waals surface area (Å²) in [4.78, 5) is 21.7. The average molecular weight is 441 g/mol. The molecule has 0 unspecified atom stereocenters. The fourth-order valence-electron chi connectivity index (χ4n) is 3.82. The van der Waals surface area contributed by atoms with Crippen LogP contribution in [0, 0.1) is 26.6 Å². The minimum atomic E-state index is -0.332. The zero-order valence-electron chi connectivity index (χ0n) is 18.2. The number of halogens is 1. The van der Waals surface area contributed by atoms with Crippen LogP contribution >= 0.6 is 0 Å². The molecule has 0 radical (unpaired) electrons. The van der Waals surface area contributed by atoms with Crippen LogP contribution in [0.1, 0.15) is 27.2 Å². The fourth-order valence-corrected chi connectivity index (χ4v) is 3.82. The van der Waals surface area contributed by atoms with E-state index in [1.54, 1.807) is 33.8 Å². The van der Waals surface area contributed by atoms with E-state index in [1.807, 2.05) is 39.0 Å². The van der Waals surface area contributed by atoms with E-state index in [0.717, 1.165) is 11.1 Å². The van der Waals surface area contributed by atoms with Crippen molar-refractivity contribution in [1.82, 2.24) is 29.5 Å². The number of amides is 1. The Morgan fingerprint density at radius 3 is 2.39 bits per heavy atom. The summed E-state index contributed by atoms with van der Waals surface area (Å²) in [5.41, 5.74) is 4.49. The van der Waals surface area contributed by atoms with E-state index in [-0.39, 0.29) is 11.7 Å². The molecule has 0 fully saturated rings. The molecule has 1 N–H and O–H groups in total. The van der Waals surface area contributed by atoms with Crippen molar-refractivity contribution in [3.8, 4) is 11.5 Å². The molecule has 0 bridgehead atoms. The van der Waals surface area contributed by atoms with Crippen molar-refractivity contribution in [3.05, 3.63) is 89.3 Å². The lowest BCUT2D eigenvalue weighted by Crippen LogP contribution is -2.16. The maximum Gasteiger partial charge on any atom is 0.256 e. The number of nitrogens with zero attached hydrogens (tertiary/aromatic N) is 6. The number of hydrogen-bond donors (Lipinski definition) is 1. The van der Waals surface area contributed by atoms with Crippen molar-refractivity contribution in [1.29, 1.82) is 0 Å². The Morgan fingerprint density at radius 1 is 0.939 bits per heavy atom. The molecule has 0 aliphatic rings. The monoisotopic (exact) mass is 441 g/mol. The Balaban J connectivity index is 1.56. The molecule has 164 valence electrons. The molecule has 0 atom stereocenters. The number of carbonyl (C=O) groups excluding carboxylic acids is 1. The standard InChI is InChI=1S/C24H20FN7O/c1-14-8-15(2)10-17(9-14)24(33)29-21-11-16(3)30-32(21)23-20-12-28-31(22(20)26-13-27-23)19-6-4-18(25)5-7-19/h4-13H,1-3H3,(H,29,33). The first kappa shape index (κ1) is 20.5. The van der Waals surface area contributed by atoms with E-state index in [2.05, 4.69) is 25.5 Å². The van der Waals surface area contributed by atoms with E-state index in [1.165, 1.54) is 18.5 Å². The molecule has 0 saturated carbocycles. The van der Waals surface area contributed by atoms with Gasteiger partial charge in [0.15, 0.2) is 11.5 Å². The van der Waals surface area contributed by atoms with Gasteiger partial charge in [-0.1, -0.05) is 17.2 Å². The summed E-state index contributed by atoms with van der Waals surface area (Å²) < 4.78 is 16.5. The second-order valence-electron chi connectivity index (χ2n) is 7.88. The van der Waals surface area contributed by atoms with Crippen LogP contribution in [0.25, 0.3) is 22.5 Å². The first-order chi connectivity index (χ1) is 15.9. The van der Waals surface area contributed by atoms with E-state index in [9.17, 15) is 9.18 Å². The predicted molar refractivity (Wildman–Crippen MR) is 122 cm³/mol. The summed E-state index contributed by atoms with van der Waals surface area (Å²) in [5.74, 6) is 0.375. The molecular formula is C24H20FN7O. The number of rotatable bonds is 4. The fraction of sp³-hybridized carbons (Fsp3) is 0.125. The molecule has 9 heteroatoms. The molecule has 3 heterocycles. The van der Waals surface area contributed by atoms with E-state index >= 15 is 0 Å². The number of aromatic nitrogens is 6. The second-order valence-corrected chi connectivity index (χ2v) is 7.88. The first-order valence-corrected chi connectivity index (χ1v) is 10.3. The Hall–Kier alpha value is -4.40. The van der Waals surface area contributed by atoms with Gasteiger partial charge in [-0.25, -0.2) is 19.0 Å². The molecule has 5 aromatic rings. The topological polar surface area (TPSA) is 90.5 Å². The van der Waals surface area contributed by atoms with Gasteiger partial charge in [-0.15, -0.1) is 0 Å². The van der Waals surface area contributed by atoms with Crippen molar-refractivity contribution in [2.45, 2.75) is 20.8 Å². The van der Waals surface area contributed by atoms with Gasteiger partial charge in [-0.2, -0.15) is 14.9 Å². The molecule has 0 aliphatic carbocycles. The van der Waals surface area contributed by atoms with Crippen molar-refractivity contribution < 1.29 is 9.18 Å². The van der Waals surface area contributed by atoms with E-state index < -0.39 is 0 Å². The molecule has 0 spiro atoms. The lowest BCUT2D eigenvalue weighted by molar-refractivity contribution is 0.102. The van der Waals surface area contributed by atoms with Crippen molar-refractivity contribution >= 4 is 22.8 Å². The number of fused-ring (bicyclic) bond motifs is 1. The first-order valence-electron chi connectivity index (χ1n) is 10.3. The molecule has 0 aliphatic heterocycles. The van der Waals surface area contributed by atoms with Crippen LogP contribution in [-0.4, -0.2) is 35.4 Å². The SMILES string of the molecule is Cc1cc(C)cc(C(=O)Nc2cc(C)nn2-c2ncnc3c2cnn3-c2ccc(F)cc2)c1. The highest BCUT2D eigenvalue weighted by atomic mass is 19.1. The second kappa shape index (κ2) is 7.94. The molecule has 3 aromatic heterocycles. The highest BCUT2D eigenvalue weighted by molar-refractivity contribution is 6.04. The van der Waals surface area contributed by atoms with Crippen LogP contribution in [-0.2, 0) is 0 Å². The average Bonchev–Trinajstić information content (AvgIpc) is 3.37. The Kier molecular flexibility index (Phi) is 4.93. The summed E-state index contributed by atoms with van der Waals surface area (Å²) in [5, 5.41) is 12.5. The van der Waals surface area contributed by atoms with Gasteiger partial charge >= 0.3 is 0 Å². The third kappa shape index (κ3) is 3.84. The van der Waals surface area contributed by atoms with Gasteiger partial charge in [0.2, 0.25) is 0 Å². The number of hydrogen-bond acceptors (Lipinski definition) is 5. The zero-order chi connectivity index (χ0) is 23.1. The number of benzene rings is 2. The molecule has 1 amide bonds. The minimum absolute atomic E-state index is 0.241. The highest BCUT2D eigenvalue weighted by Crippen LogP contribution is 2.24. The summed E-state index contributed by atoms with van der Waals surface area (Å²) in [6.45, 7) is 5.74. The van der Waals surface area contributed by atoms with Gasteiger partial charge in [0.05, 0.1) is 23.0 Å². The lowest BCUT2D eigenvalue weighted by Gasteiger charge is -2.10. The normalized spacial score (nSPS) is 11.2. The smallest absolute Gasteiger partial charge is 0.256 e. The Morgan fingerprint density at radius 2 is 1.67 bits per heavy atom. The minimum Gasteiger partial charge on any atom is -0.306 e. The van der Waals surface area contributed by atoms with E-state index in [0.29, 0.717) is 39.6 Å². The number of nitrogens with one attached hydrogen (secondary N) is 1. The predicted octanol–water partition coefficient (Wildman–Crippen LogP) is 4.32. The third-order valence-electron chi connectivity index (χ3n) is 5.17. The van der Waals surface area contributed by atoms with E-state index in [4.69, 9.17) is 0 Å². The summed E-state index contributed by atoms with van der Waals surface area (Å²) in [7, 11) is 0. The Labute approximate surface area is 188 Å². The van der Waals surface area contributed by atoms with Crippen LogP contribution in [0.2, 0.25) is 0 Å². The largest absolute Gasteiger partial charge is 0.306 e. The van der Waals surface area contributed by atoms with Crippen LogP contribution in [0.3, 0.4) is 0 Å². The summed E-state index contributed by atoms with van der Waals surface area (Å²) in [6, 6.07) is 13.4. The van der Waals surface area contributed by atoms with Crippen LogP contribution in [0.5, 0.6) is 0 Å². The maximum atomic E-state index is 13.3. The molecular weight excluding hydrogens is 421 g/mol. The van der Waals surface area contributed by atoms with Gasteiger partial charge in [-0.05, 0) is 57.2 Å². The van der Waals surface area contributed by atoms with Crippen molar-refractivity contribution in [3.63, 3.8) is 0 Å².